The first-order valence-corrected chi connectivity index (χ1v) is 8.12. The number of rotatable bonds is 6. The molecule has 7 nitrogen and oxygen atoms in total. The number of ether oxygens (including phenoxy) is 1. The van der Waals surface area contributed by atoms with Crippen molar-refractivity contribution in [3.8, 4) is 5.88 Å². The normalized spacial score (nSPS) is 23.9. The smallest absolute Gasteiger partial charge is 0.245 e. The fraction of sp³-hybridized carbons (Fsp3) is 0.778. The molecular formula is C9H15N3O4S2. The van der Waals surface area contributed by atoms with Gasteiger partial charge in [0.25, 0.3) is 0 Å². The van der Waals surface area contributed by atoms with Crippen LogP contribution in [0.25, 0.3) is 0 Å². The van der Waals surface area contributed by atoms with E-state index in [1.54, 1.807) is 0 Å². The lowest BCUT2D eigenvalue weighted by atomic mass is 10.2. The van der Waals surface area contributed by atoms with Crippen LogP contribution in [-0.2, 0) is 9.84 Å². The SMILES string of the molecule is O=S1(=O)CCC(NCC(O)COc2cnsn2)C1. The van der Waals surface area contributed by atoms with Gasteiger partial charge in [0.2, 0.25) is 5.88 Å². The predicted molar refractivity (Wildman–Crippen MR) is 66.5 cm³/mol. The Morgan fingerprint density at radius 3 is 3.11 bits per heavy atom. The lowest BCUT2D eigenvalue weighted by Gasteiger charge is -2.15. The molecule has 1 aliphatic heterocycles. The van der Waals surface area contributed by atoms with E-state index in [2.05, 4.69) is 14.1 Å². The number of hydrogen-bond donors (Lipinski definition) is 2. The van der Waals surface area contributed by atoms with Gasteiger partial charge in [-0.15, -0.1) is 4.37 Å². The van der Waals surface area contributed by atoms with Crippen LogP contribution in [0, 0.1) is 0 Å². The number of aromatic nitrogens is 2. The van der Waals surface area contributed by atoms with Gasteiger partial charge in [0.05, 0.1) is 23.2 Å². The van der Waals surface area contributed by atoms with Crippen LogP contribution in [0.2, 0.25) is 0 Å². The molecule has 0 aromatic carbocycles. The van der Waals surface area contributed by atoms with E-state index in [1.807, 2.05) is 0 Å². The second-order valence-corrected chi connectivity index (χ2v) is 7.00. The summed E-state index contributed by atoms with van der Waals surface area (Å²) in [6.45, 7) is 0.412. The molecule has 2 rings (SSSR count). The van der Waals surface area contributed by atoms with Crippen molar-refractivity contribution in [2.45, 2.75) is 18.6 Å². The Bertz CT molecular complexity index is 462. The molecule has 2 heterocycles. The molecule has 0 aliphatic carbocycles. The molecule has 1 aliphatic rings. The van der Waals surface area contributed by atoms with E-state index < -0.39 is 15.9 Å². The summed E-state index contributed by atoms with van der Waals surface area (Å²) >= 11 is 1.04. The van der Waals surface area contributed by atoms with Gasteiger partial charge in [-0.1, -0.05) is 0 Å². The molecule has 102 valence electrons. The summed E-state index contributed by atoms with van der Waals surface area (Å²) in [4.78, 5) is 0. The first-order chi connectivity index (χ1) is 8.55. The average Bonchev–Trinajstić information content (AvgIpc) is 2.93. The highest BCUT2D eigenvalue weighted by atomic mass is 32.2. The molecule has 2 N–H and O–H groups in total. The molecule has 1 saturated heterocycles. The summed E-state index contributed by atoms with van der Waals surface area (Å²) < 4.78 is 35.3. The molecule has 0 saturated carbocycles. The number of aliphatic hydroxyl groups is 1. The molecule has 1 aromatic heterocycles. The second-order valence-electron chi connectivity index (χ2n) is 4.22. The van der Waals surface area contributed by atoms with Crippen molar-refractivity contribution in [1.82, 2.24) is 14.1 Å². The van der Waals surface area contributed by atoms with Gasteiger partial charge in [0.15, 0.2) is 9.84 Å². The highest BCUT2D eigenvalue weighted by Gasteiger charge is 2.27. The van der Waals surface area contributed by atoms with E-state index in [4.69, 9.17) is 4.74 Å². The molecule has 1 aromatic rings. The fourth-order valence-electron chi connectivity index (χ4n) is 1.72. The number of aliphatic hydroxyl groups excluding tert-OH is 1. The first-order valence-electron chi connectivity index (χ1n) is 5.57. The van der Waals surface area contributed by atoms with Crippen LogP contribution >= 0.6 is 11.7 Å². The van der Waals surface area contributed by atoms with Gasteiger partial charge in [-0.05, 0) is 6.42 Å². The van der Waals surface area contributed by atoms with Gasteiger partial charge in [-0.3, -0.25) is 0 Å². The zero-order chi connectivity index (χ0) is 13.0. The van der Waals surface area contributed by atoms with Crippen LogP contribution in [0.5, 0.6) is 5.88 Å². The summed E-state index contributed by atoms with van der Waals surface area (Å²) in [6, 6.07) is -0.0643. The molecular weight excluding hydrogens is 278 g/mol. The standard InChI is InChI=1S/C9H15N3O4S2/c13-8(5-16-9-4-11-17-12-9)3-10-7-1-2-18(14,15)6-7/h4,7-8,10,13H,1-3,5-6H2. The monoisotopic (exact) mass is 293 g/mol. The Kier molecular flexibility index (Phi) is 4.49. The van der Waals surface area contributed by atoms with E-state index in [-0.39, 0.29) is 24.2 Å². The maximum absolute atomic E-state index is 11.2. The van der Waals surface area contributed by atoms with Crippen LogP contribution in [0.15, 0.2) is 6.20 Å². The summed E-state index contributed by atoms with van der Waals surface area (Å²) in [5.74, 6) is 0.765. The van der Waals surface area contributed by atoms with E-state index in [0.717, 1.165) is 11.7 Å². The molecule has 9 heteroatoms. The lowest BCUT2D eigenvalue weighted by Crippen LogP contribution is -2.38. The number of nitrogens with zero attached hydrogens (tertiary/aromatic N) is 2. The second kappa shape index (κ2) is 5.91. The fourth-order valence-corrected chi connectivity index (χ4v) is 3.79. The van der Waals surface area contributed by atoms with Crippen LogP contribution in [0.4, 0.5) is 0 Å². The van der Waals surface area contributed by atoms with Crippen molar-refractivity contribution < 1.29 is 18.3 Å². The maximum atomic E-state index is 11.2. The summed E-state index contributed by atoms with van der Waals surface area (Å²) in [6.07, 6.45) is 1.38. The molecule has 1 fully saturated rings. The first kappa shape index (κ1) is 13.7. The van der Waals surface area contributed by atoms with Crippen LogP contribution < -0.4 is 10.1 Å². The van der Waals surface area contributed by atoms with Gasteiger partial charge in [0.1, 0.15) is 18.9 Å². The zero-order valence-corrected chi connectivity index (χ0v) is 11.3. The van der Waals surface area contributed by atoms with E-state index in [9.17, 15) is 13.5 Å². The number of hydrogen-bond acceptors (Lipinski definition) is 8. The van der Waals surface area contributed by atoms with E-state index in [0.29, 0.717) is 18.8 Å². The molecule has 0 bridgehead atoms. The van der Waals surface area contributed by atoms with Crippen molar-refractivity contribution in [1.29, 1.82) is 0 Å². The molecule has 0 spiro atoms. The van der Waals surface area contributed by atoms with Gasteiger partial charge in [-0.2, -0.15) is 4.37 Å². The third-order valence-electron chi connectivity index (χ3n) is 2.64. The molecule has 2 unspecified atom stereocenters. The lowest BCUT2D eigenvalue weighted by molar-refractivity contribution is 0.102. The van der Waals surface area contributed by atoms with Gasteiger partial charge in [0, 0.05) is 12.6 Å². The largest absolute Gasteiger partial charge is 0.473 e. The zero-order valence-electron chi connectivity index (χ0n) is 9.65. The van der Waals surface area contributed by atoms with Crippen molar-refractivity contribution in [2.75, 3.05) is 24.7 Å². The minimum absolute atomic E-state index is 0.0643. The quantitative estimate of drug-likeness (QED) is 0.697. The average molecular weight is 293 g/mol. The maximum Gasteiger partial charge on any atom is 0.245 e. The highest BCUT2D eigenvalue weighted by Crippen LogP contribution is 2.11. The number of sulfone groups is 1. The highest BCUT2D eigenvalue weighted by molar-refractivity contribution is 7.91. The van der Waals surface area contributed by atoms with Crippen molar-refractivity contribution in [3.05, 3.63) is 6.20 Å². The van der Waals surface area contributed by atoms with Crippen molar-refractivity contribution in [2.24, 2.45) is 0 Å². The molecule has 0 amide bonds. The Balaban J connectivity index is 1.64. The topological polar surface area (TPSA) is 101 Å². The number of nitrogens with one attached hydrogen (secondary N) is 1. The van der Waals surface area contributed by atoms with Gasteiger partial charge < -0.3 is 15.2 Å². The molecule has 2 atom stereocenters. The Hall–Kier alpha value is -0.770. The predicted octanol–water partition coefficient (Wildman–Crippen LogP) is -0.945. The van der Waals surface area contributed by atoms with Crippen LogP contribution in [-0.4, -0.2) is 59.1 Å². The minimum Gasteiger partial charge on any atom is -0.473 e. The van der Waals surface area contributed by atoms with E-state index >= 15 is 0 Å². The third-order valence-corrected chi connectivity index (χ3v) is 4.87. The van der Waals surface area contributed by atoms with Crippen LogP contribution in [0.3, 0.4) is 0 Å². The Labute approximate surface area is 109 Å². The van der Waals surface area contributed by atoms with Crippen molar-refractivity contribution in [3.63, 3.8) is 0 Å². The summed E-state index contributed by atoms with van der Waals surface area (Å²) in [5, 5.41) is 12.7. The van der Waals surface area contributed by atoms with Gasteiger partial charge >= 0.3 is 0 Å². The van der Waals surface area contributed by atoms with Crippen LogP contribution in [0.1, 0.15) is 6.42 Å². The molecule has 0 radical (unpaired) electrons. The van der Waals surface area contributed by atoms with Crippen molar-refractivity contribution >= 4 is 21.6 Å². The minimum atomic E-state index is -2.88. The summed E-state index contributed by atoms with van der Waals surface area (Å²) in [5.41, 5.74) is 0. The Morgan fingerprint density at radius 1 is 1.67 bits per heavy atom. The van der Waals surface area contributed by atoms with Gasteiger partial charge in [-0.25, -0.2) is 8.42 Å². The molecule has 18 heavy (non-hydrogen) atoms. The third kappa shape index (κ3) is 4.16. The van der Waals surface area contributed by atoms with E-state index in [1.165, 1.54) is 6.20 Å². The Morgan fingerprint density at radius 2 is 2.50 bits per heavy atom. The summed E-state index contributed by atoms with van der Waals surface area (Å²) in [7, 11) is -2.88.